The quantitative estimate of drug-likeness (QED) is 0.303. The lowest BCUT2D eigenvalue weighted by atomic mass is 9.83. The van der Waals surface area contributed by atoms with E-state index in [2.05, 4.69) is 10.3 Å². The Morgan fingerprint density at radius 1 is 0.932 bits per heavy atom. The number of aliphatic imine (C=N–C) groups is 1. The third-order valence-electron chi connectivity index (χ3n) is 7.12. The zero-order valence-corrected chi connectivity index (χ0v) is 23.2. The summed E-state index contributed by atoms with van der Waals surface area (Å²) in [4.78, 5) is 43.1. The SMILES string of the molecule is Cc1cccc(C2=N[C@H](NC(=O)[C@H](CCC(F)(F)F)[C@H](CCCC(F)(F)F)C(N)=O)C(=O)Cc3c2cccc3C(F)(F)F)c1. The largest absolute Gasteiger partial charge is 0.416 e. The lowest BCUT2D eigenvalue weighted by molar-refractivity contribution is -0.147. The first-order chi connectivity index (χ1) is 20.3. The second kappa shape index (κ2) is 13.4. The molecule has 1 aliphatic heterocycles. The van der Waals surface area contributed by atoms with Crippen LogP contribution in [0.5, 0.6) is 0 Å². The maximum absolute atomic E-state index is 13.9. The van der Waals surface area contributed by atoms with Crippen molar-refractivity contribution < 1.29 is 53.9 Å². The van der Waals surface area contributed by atoms with Crippen molar-refractivity contribution in [3.8, 4) is 0 Å². The van der Waals surface area contributed by atoms with Gasteiger partial charge in [-0.25, -0.2) is 0 Å². The summed E-state index contributed by atoms with van der Waals surface area (Å²) >= 11 is 0. The average molecular weight is 638 g/mol. The predicted molar refractivity (Wildman–Crippen MR) is 140 cm³/mol. The van der Waals surface area contributed by atoms with Crippen molar-refractivity contribution >= 4 is 23.3 Å². The van der Waals surface area contributed by atoms with E-state index in [0.717, 1.165) is 12.1 Å². The number of primary amides is 1. The van der Waals surface area contributed by atoms with Gasteiger partial charge in [0.15, 0.2) is 11.9 Å². The molecule has 3 rings (SSSR count). The van der Waals surface area contributed by atoms with Crippen LogP contribution in [0.4, 0.5) is 39.5 Å². The zero-order chi connectivity index (χ0) is 33.0. The molecule has 0 spiro atoms. The highest BCUT2D eigenvalue weighted by Crippen LogP contribution is 2.36. The van der Waals surface area contributed by atoms with Gasteiger partial charge in [-0.3, -0.25) is 19.4 Å². The molecule has 0 radical (unpaired) electrons. The monoisotopic (exact) mass is 637 g/mol. The van der Waals surface area contributed by atoms with Crippen molar-refractivity contribution in [3.63, 3.8) is 0 Å². The maximum atomic E-state index is 13.9. The highest BCUT2D eigenvalue weighted by molar-refractivity contribution is 6.16. The molecule has 44 heavy (non-hydrogen) atoms. The number of amides is 2. The number of carbonyl (C=O) groups is 3. The molecule has 15 heteroatoms. The Labute approximate surface area is 245 Å². The number of fused-ring (bicyclic) bond motifs is 1. The van der Waals surface area contributed by atoms with Crippen LogP contribution < -0.4 is 11.1 Å². The van der Waals surface area contributed by atoms with Gasteiger partial charge in [0.1, 0.15) is 0 Å². The number of nitrogens with two attached hydrogens (primary N) is 1. The Morgan fingerprint density at radius 2 is 1.57 bits per heavy atom. The molecule has 2 aromatic rings. The number of hydrogen-bond acceptors (Lipinski definition) is 4. The van der Waals surface area contributed by atoms with Crippen LogP contribution in [0.15, 0.2) is 47.5 Å². The van der Waals surface area contributed by atoms with E-state index in [1.54, 1.807) is 25.1 Å². The van der Waals surface area contributed by atoms with E-state index >= 15 is 0 Å². The molecule has 0 unspecified atom stereocenters. The van der Waals surface area contributed by atoms with Crippen molar-refractivity contribution in [2.45, 2.75) is 70.1 Å². The Morgan fingerprint density at radius 3 is 2.14 bits per heavy atom. The van der Waals surface area contributed by atoms with Crippen LogP contribution >= 0.6 is 0 Å². The number of ketones is 1. The van der Waals surface area contributed by atoms with Gasteiger partial charge in [-0.1, -0.05) is 35.9 Å². The molecule has 2 amide bonds. The third kappa shape index (κ3) is 9.29. The molecule has 0 fully saturated rings. The predicted octanol–water partition coefficient (Wildman–Crippen LogP) is 6.21. The Bertz CT molecular complexity index is 1420. The summed E-state index contributed by atoms with van der Waals surface area (Å²) in [7, 11) is 0. The van der Waals surface area contributed by atoms with E-state index in [0.29, 0.717) is 5.56 Å². The summed E-state index contributed by atoms with van der Waals surface area (Å²) in [5.41, 5.74) is 4.50. The first-order valence-corrected chi connectivity index (χ1v) is 13.4. The summed E-state index contributed by atoms with van der Waals surface area (Å²) in [5.74, 6) is -7.38. The second-order valence-electron chi connectivity index (χ2n) is 10.5. The smallest absolute Gasteiger partial charge is 0.369 e. The summed E-state index contributed by atoms with van der Waals surface area (Å²) in [6.07, 6.45) is -22.6. The Hall–Kier alpha value is -3.91. The fraction of sp³-hybridized carbons (Fsp3) is 0.448. The third-order valence-corrected chi connectivity index (χ3v) is 7.12. The van der Waals surface area contributed by atoms with Crippen LogP contribution in [0, 0.1) is 18.8 Å². The van der Waals surface area contributed by atoms with Gasteiger partial charge in [-0.15, -0.1) is 0 Å². The van der Waals surface area contributed by atoms with Crippen LogP contribution in [-0.4, -0.2) is 41.8 Å². The maximum Gasteiger partial charge on any atom is 0.416 e. The molecule has 2 aromatic carbocycles. The van der Waals surface area contributed by atoms with Gasteiger partial charge in [0.25, 0.3) is 0 Å². The molecule has 1 aliphatic rings. The van der Waals surface area contributed by atoms with Gasteiger partial charge in [-0.2, -0.15) is 39.5 Å². The first-order valence-electron chi connectivity index (χ1n) is 13.4. The van der Waals surface area contributed by atoms with Gasteiger partial charge in [-0.05, 0) is 43.9 Å². The van der Waals surface area contributed by atoms with Crippen LogP contribution in [-0.2, 0) is 27.0 Å². The number of rotatable bonds is 10. The number of hydrogen-bond donors (Lipinski definition) is 2. The number of alkyl halides is 9. The van der Waals surface area contributed by atoms with E-state index in [4.69, 9.17) is 5.73 Å². The number of benzene rings is 2. The molecule has 0 aromatic heterocycles. The minimum Gasteiger partial charge on any atom is -0.369 e. The van der Waals surface area contributed by atoms with Crippen molar-refractivity contribution in [2.24, 2.45) is 22.6 Å². The fourth-order valence-electron chi connectivity index (χ4n) is 5.08. The minimum atomic E-state index is -4.87. The summed E-state index contributed by atoms with van der Waals surface area (Å²) in [6, 6.07) is 9.51. The normalized spacial score (nSPS) is 17.3. The summed E-state index contributed by atoms with van der Waals surface area (Å²) in [6.45, 7) is 1.69. The summed E-state index contributed by atoms with van der Waals surface area (Å²) < 4.78 is 119. The molecular weight excluding hydrogens is 609 g/mol. The molecule has 3 atom stereocenters. The topological polar surface area (TPSA) is 102 Å². The molecule has 240 valence electrons. The zero-order valence-electron chi connectivity index (χ0n) is 23.2. The van der Waals surface area contributed by atoms with Crippen LogP contribution in [0.1, 0.15) is 59.9 Å². The van der Waals surface area contributed by atoms with Crippen LogP contribution in [0.2, 0.25) is 0 Å². The van der Waals surface area contributed by atoms with Gasteiger partial charge < -0.3 is 11.1 Å². The number of carbonyl (C=O) groups excluding carboxylic acids is 3. The minimum absolute atomic E-state index is 0.0636. The lowest BCUT2D eigenvalue weighted by Crippen LogP contribution is -2.47. The molecule has 0 aliphatic carbocycles. The molecule has 3 N–H and O–H groups in total. The molecule has 6 nitrogen and oxygen atoms in total. The summed E-state index contributed by atoms with van der Waals surface area (Å²) in [5, 5.41) is 2.14. The lowest BCUT2D eigenvalue weighted by Gasteiger charge is -2.26. The van der Waals surface area contributed by atoms with E-state index in [1.807, 2.05) is 0 Å². The first kappa shape index (κ1) is 34.6. The fourth-order valence-corrected chi connectivity index (χ4v) is 5.08. The van der Waals surface area contributed by atoms with E-state index in [-0.39, 0.29) is 16.8 Å². The van der Waals surface area contributed by atoms with Gasteiger partial charge in [0.2, 0.25) is 11.8 Å². The van der Waals surface area contributed by atoms with E-state index in [9.17, 15) is 53.9 Å². The molecular formula is C29H28F9N3O3. The van der Waals surface area contributed by atoms with Crippen molar-refractivity contribution in [2.75, 3.05) is 0 Å². The second-order valence-corrected chi connectivity index (χ2v) is 10.5. The van der Waals surface area contributed by atoms with E-state index in [1.165, 1.54) is 12.1 Å². The number of halogens is 9. The van der Waals surface area contributed by atoms with Gasteiger partial charge >= 0.3 is 18.5 Å². The van der Waals surface area contributed by atoms with E-state index < -0.39 is 104 Å². The molecule has 0 saturated heterocycles. The Balaban J connectivity index is 2.06. The molecule has 0 saturated carbocycles. The average Bonchev–Trinajstić information content (AvgIpc) is 3.01. The highest BCUT2D eigenvalue weighted by atomic mass is 19.4. The van der Waals surface area contributed by atoms with Crippen molar-refractivity contribution in [3.05, 3.63) is 70.3 Å². The number of Topliss-reactive ketones (excluding diaryl/α,β-unsaturated/α-hetero) is 1. The Kier molecular flexibility index (Phi) is 10.5. The standard InChI is InChI=1S/C29H28F9N3O3/c1-15-5-2-6-16(13-15)23-17-7-3-9-21(29(36,37)38)20(17)14-22(42)25(40-23)41-26(44)19(10-12-28(33,34)35)18(24(39)43)8-4-11-27(30,31)32/h2-3,5-7,9,13,18-19,25H,4,8,10-12,14H2,1H3,(H2,39,43)(H,41,44)/t18-,19+,25+/m0/s1. The van der Waals surface area contributed by atoms with Crippen LogP contribution in [0.3, 0.4) is 0 Å². The number of aryl methyl sites for hydroxylation is 1. The molecule has 1 heterocycles. The van der Waals surface area contributed by atoms with Crippen molar-refractivity contribution in [1.82, 2.24) is 5.32 Å². The molecule has 0 bridgehead atoms. The van der Waals surface area contributed by atoms with Gasteiger partial charge in [0, 0.05) is 42.2 Å². The number of nitrogens with one attached hydrogen (secondary N) is 1. The van der Waals surface area contributed by atoms with Crippen LogP contribution in [0.25, 0.3) is 0 Å². The number of nitrogens with zero attached hydrogens (tertiary/aromatic N) is 1. The van der Waals surface area contributed by atoms with Gasteiger partial charge in [0.05, 0.1) is 11.3 Å². The van der Waals surface area contributed by atoms with Crippen molar-refractivity contribution in [1.29, 1.82) is 0 Å². The highest BCUT2D eigenvalue weighted by Gasteiger charge is 2.41.